The highest BCUT2D eigenvalue weighted by molar-refractivity contribution is 7.89. The highest BCUT2D eigenvalue weighted by Crippen LogP contribution is 2.37. The molecule has 2 aliphatic heterocycles. The fraction of sp³-hybridized carbons (Fsp3) is 0.643. The van der Waals surface area contributed by atoms with Crippen molar-refractivity contribution in [2.24, 2.45) is 5.92 Å². The zero-order chi connectivity index (χ0) is 15.0. The first-order valence-corrected chi connectivity index (χ1v) is 8.78. The summed E-state index contributed by atoms with van der Waals surface area (Å²) in [5.41, 5.74) is 0. The van der Waals surface area contributed by atoms with Crippen molar-refractivity contribution in [2.75, 3.05) is 13.6 Å². The Morgan fingerprint density at radius 3 is 2.67 bits per heavy atom. The number of nitrogens with one attached hydrogen (secondary N) is 1. The van der Waals surface area contributed by atoms with Gasteiger partial charge in [0, 0.05) is 24.8 Å². The van der Waals surface area contributed by atoms with Crippen LogP contribution < -0.4 is 4.72 Å². The molecule has 0 saturated carbocycles. The van der Waals surface area contributed by atoms with E-state index in [9.17, 15) is 12.8 Å². The first-order chi connectivity index (χ1) is 9.97. The molecule has 0 amide bonds. The molecule has 2 aliphatic rings. The molecule has 1 N–H and O–H groups in total. The maximum Gasteiger partial charge on any atom is 0.261 e. The Morgan fingerprint density at radius 2 is 2.05 bits per heavy atom. The molecule has 3 heterocycles. The lowest BCUT2D eigenvalue weighted by atomic mass is 9.91. The molecule has 2 saturated heterocycles. The van der Waals surface area contributed by atoms with Gasteiger partial charge >= 0.3 is 0 Å². The lowest BCUT2D eigenvalue weighted by Crippen LogP contribution is -2.43. The molecular formula is C14H20FN3O2S. The Balaban J connectivity index is 1.64. The van der Waals surface area contributed by atoms with Crippen molar-refractivity contribution in [3.63, 3.8) is 0 Å². The minimum atomic E-state index is -3.87. The summed E-state index contributed by atoms with van der Waals surface area (Å²) in [6.45, 7) is 0.360. The third-order valence-corrected chi connectivity index (χ3v) is 6.09. The van der Waals surface area contributed by atoms with Crippen LogP contribution in [0.3, 0.4) is 0 Å². The number of hydrogen-bond donors (Lipinski definition) is 1. The zero-order valence-corrected chi connectivity index (χ0v) is 12.8. The van der Waals surface area contributed by atoms with E-state index < -0.39 is 20.9 Å². The van der Waals surface area contributed by atoms with Crippen LogP contribution in [0, 0.1) is 11.7 Å². The second kappa shape index (κ2) is 5.62. The molecule has 7 heteroatoms. The van der Waals surface area contributed by atoms with Gasteiger partial charge in [0.05, 0.1) is 0 Å². The van der Waals surface area contributed by atoms with E-state index in [1.165, 1.54) is 25.1 Å². The average Bonchev–Trinajstić information content (AvgIpc) is 2.67. The van der Waals surface area contributed by atoms with Gasteiger partial charge in [-0.25, -0.2) is 22.5 Å². The fourth-order valence-corrected chi connectivity index (χ4v) is 4.67. The molecule has 0 radical (unpaired) electrons. The van der Waals surface area contributed by atoms with Gasteiger partial charge in [0.15, 0.2) is 5.82 Å². The van der Waals surface area contributed by atoms with Crippen molar-refractivity contribution in [1.82, 2.24) is 14.6 Å². The molecule has 3 rings (SSSR count). The van der Waals surface area contributed by atoms with Crippen LogP contribution in [-0.4, -0.2) is 44.0 Å². The summed E-state index contributed by atoms with van der Waals surface area (Å²) >= 11 is 0. The first kappa shape index (κ1) is 14.9. The number of piperidine rings is 1. The Morgan fingerprint density at radius 1 is 1.38 bits per heavy atom. The monoisotopic (exact) mass is 313 g/mol. The number of sulfonamides is 1. The van der Waals surface area contributed by atoms with Gasteiger partial charge in [0.1, 0.15) is 0 Å². The smallest absolute Gasteiger partial charge is 0.261 e. The number of pyridine rings is 1. The van der Waals surface area contributed by atoms with E-state index in [0.29, 0.717) is 24.5 Å². The van der Waals surface area contributed by atoms with Gasteiger partial charge in [-0.05, 0) is 50.8 Å². The third kappa shape index (κ3) is 2.95. The van der Waals surface area contributed by atoms with Crippen LogP contribution in [-0.2, 0) is 10.0 Å². The normalized spacial score (nSPS) is 29.7. The molecule has 0 aromatic carbocycles. The molecule has 0 aliphatic carbocycles. The van der Waals surface area contributed by atoms with Gasteiger partial charge in [0.25, 0.3) is 10.0 Å². The predicted molar refractivity (Wildman–Crippen MR) is 76.7 cm³/mol. The molecule has 1 aromatic rings. The molecule has 1 aromatic heterocycles. The van der Waals surface area contributed by atoms with Crippen molar-refractivity contribution in [3.05, 3.63) is 24.1 Å². The van der Waals surface area contributed by atoms with Gasteiger partial charge in [0.2, 0.25) is 5.03 Å². The molecule has 2 unspecified atom stereocenters. The number of halogens is 1. The summed E-state index contributed by atoms with van der Waals surface area (Å²) in [5.74, 6) is -0.492. The minimum absolute atomic E-state index is 0.320. The number of nitrogens with zero attached hydrogens (tertiary/aromatic N) is 2. The molecule has 2 fully saturated rings. The molecular weight excluding hydrogens is 293 g/mol. The van der Waals surface area contributed by atoms with Crippen LogP contribution in [0.1, 0.15) is 25.7 Å². The Bertz CT molecular complexity index is 608. The standard InChI is InChI=1S/C14H20FN3O2S/c1-18-11-4-5-12(18)8-10(7-11)9-17-21(19,20)14-13(15)3-2-6-16-14/h2-3,6,10-12,17H,4-5,7-9H2,1H3. The van der Waals surface area contributed by atoms with Crippen LogP contribution in [0.5, 0.6) is 0 Å². The fourth-order valence-electron chi connectivity index (χ4n) is 3.56. The van der Waals surface area contributed by atoms with Crippen molar-refractivity contribution >= 4 is 10.0 Å². The summed E-state index contributed by atoms with van der Waals surface area (Å²) < 4.78 is 40.3. The molecule has 2 atom stereocenters. The summed E-state index contributed by atoms with van der Waals surface area (Å²) in [5, 5.41) is -0.513. The van der Waals surface area contributed by atoms with E-state index >= 15 is 0 Å². The van der Waals surface area contributed by atoms with E-state index in [4.69, 9.17) is 0 Å². The van der Waals surface area contributed by atoms with Crippen molar-refractivity contribution in [2.45, 2.75) is 42.8 Å². The van der Waals surface area contributed by atoms with Crippen molar-refractivity contribution in [1.29, 1.82) is 0 Å². The third-order valence-electron chi connectivity index (χ3n) is 4.74. The highest BCUT2D eigenvalue weighted by atomic mass is 32.2. The van der Waals surface area contributed by atoms with Crippen LogP contribution in [0.2, 0.25) is 0 Å². The second-order valence-electron chi connectivity index (χ2n) is 6.03. The Kier molecular flexibility index (Phi) is 3.98. The van der Waals surface area contributed by atoms with Crippen LogP contribution in [0.4, 0.5) is 4.39 Å². The summed E-state index contributed by atoms with van der Waals surface area (Å²) in [4.78, 5) is 6.04. The minimum Gasteiger partial charge on any atom is -0.300 e. The number of hydrogen-bond acceptors (Lipinski definition) is 4. The largest absolute Gasteiger partial charge is 0.300 e. The summed E-state index contributed by atoms with van der Waals surface area (Å²) in [6, 6.07) is 3.61. The predicted octanol–water partition coefficient (Wildman–Crippen LogP) is 1.37. The van der Waals surface area contributed by atoms with Gasteiger partial charge in [-0.3, -0.25) is 0 Å². The molecule has 2 bridgehead atoms. The molecule has 116 valence electrons. The lowest BCUT2D eigenvalue weighted by Gasteiger charge is -2.36. The number of aromatic nitrogens is 1. The quantitative estimate of drug-likeness (QED) is 0.912. The first-order valence-electron chi connectivity index (χ1n) is 7.29. The van der Waals surface area contributed by atoms with Crippen molar-refractivity contribution in [3.8, 4) is 0 Å². The van der Waals surface area contributed by atoms with E-state index in [0.717, 1.165) is 18.9 Å². The van der Waals surface area contributed by atoms with E-state index in [2.05, 4.69) is 21.7 Å². The van der Waals surface area contributed by atoms with Crippen LogP contribution >= 0.6 is 0 Å². The van der Waals surface area contributed by atoms with E-state index in [-0.39, 0.29) is 0 Å². The average molecular weight is 313 g/mol. The Hall–Kier alpha value is -1.05. The van der Waals surface area contributed by atoms with Crippen LogP contribution in [0.15, 0.2) is 23.4 Å². The SMILES string of the molecule is CN1C2CCC1CC(CNS(=O)(=O)c1ncccc1F)C2. The summed E-state index contributed by atoms with van der Waals surface area (Å²) in [7, 11) is -1.72. The number of rotatable bonds is 4. The molecule has 5 nitrogen and oxygen atoms in total. The maximum atomic E-state index is 13.5. The Labute approximate surface area is 124 Å². The van der Waals surface area contributed by atoms with Gasteiger partial charge in [-0.2, -0.15) is 0 Å². The second-order valence-corrected chi connectivity index (χ2v) is 7.71. The van der Waals surface area contributed by atoms with Gasteiger partial charge in [-0.15, -0.1) is 0 Å². The van der Waals surface area contributed by atoms with E-state index in [1.54, 1.807) is 0 Å². The highest BCUT2D eigenvalue weighted by Gasteiger charge is 2.38. The number of fused-ring (bicyclic) bond motifs is 2. The van der Waals surface area contributed by atoms with Crippen LogP contribution in [0.25, 0.3) is 0 Å². The van der Waals surface area contributed by atoms with Crippen molar-refractivity contribution < 1.29 is 12.8 Å². The molecule has 0 spiro atoms. The molecule has 21 heavy (non-hydrogen) atoms. The summed E-state index contributed by atoms with van der Waals surface area (Å²) in [6.07, 6.45) is 5.67. The lowest BCUT2D eigenvalue weighted by molar-refractivity contribution is 0.135. The van der Waals surface area contributed by atoms with Gasteiger partial charge in [-0.1, -0.05) is 0 Å². The van der Waals surface area contributed by atoms with Gasteiger partial charge < -0.3 is 4.90 Å². The maximum absolute atomic E-state index is 13.5. The van der Waals surface area contributed by atoms with E-state index in [1.807, 2.05) is 0 Å². The zero-order valence-electron chi connectivity index (χ0n) is 12.0. The topological polar surface area (TPSA) is 62.3 Å².